The predicted molar refractivity (Wildman–Crippen MR) is 81.7 cm³/mol. The molecule has 0 aliphatic carbocycles. The number of aromatic nitrogens is 2. The monoisotopic (exact) mass is 287 g/mol. The van der Waals surface area contributed by atoms with Crippen LogP contribution >= 0.6 is 0 Å². The molecule has 0 aliphatic rings. The van der Waals surface area contributed by atoms with Gasteiger partial charge in [-0.25, -0.2) is 9.97 Å². The van der Waals surface area contributed by atoms with Gasteiger partial charge < -0.3 is 14.8 Å². The molecule has 0 bridgehead atoms. The number of hydrogen-bond acceptors (Lipinski definition) is 5. The molecule has 0 saturated carbocycles. The second-order valence-electron chi connectivity index (χ2n) is 4.60. The highest BCUT2D eigenvalue weighted by atomic mass is 16.5. The molecule has 0 amide bonds. The quantitative estimate of drug-likeness (QED) is 0.848. The summed E-state index contributed by atoms with van der Waals surface area (Å²) >= 11 is 0. The summed E-state index contributed by atoms with van der Waals surface area (Å²) in [5.41, 5.74) is 0.998. The predicted octanol–water partition coefficient (Wildman–Crippen LogP) is 2.58. The van der Waals surface area contributed by atoms with Crippen LogP contribution in [-0.2, 0) is 0 Å². The Bertz CT molecular complexity index is 561. The molecule has 0 aliphatic heterocycles. The number of nitrogens with one attached hydrogen (secondary N) is 1. The number of benzene rings is 1. The Morgan fingerprint density at radius 1 is 1.14 bits per heavy atom. The van der Waals surface area contributed by atoms with Crippen LogP contribution < -0.4 is 14.8 Å². The van der Waals surface area contributed by atoms with Gasteiger partial charge in [-0.3, -0.25) is 0 Å². The smallest absolute Gasteiger partial charge is 0.149 e. The highest BCUT2D eigenvalue weighted by Crippen LogP contribution is 2.31. The van der Waals surface area contributed by atoms with Crippen molar-refractivity contribution in [2.45, 2.75) is 19.4 Å². The molecule has 0 radical (unpaired) electrons. The van der Waals surface area contributed by atoms with Gasteiger partial charge in [0.15, 0.2) is 0 Å². The summed E-state index contributed by atoms with van der Waals surface area (Å²) in [6.45, 7) is 3.00. The van der Waals surface area contributed by atoms with E-state index in [1.54, 1.807) is 26.6 Å². The highest BCUT2D eigenvalue weighted by molar-refractivity contribution is 5.44. The fraction of sp³-hybridized carbons (Fsp3) is 0.375. The van der Waals surface area contributed by atoms with Gasteiger partial charge in [-0.05, 0) is 31.2 Å². The fourth-order valence-electron chi connectivity index (χ4n) is 2.15. The van der Waals surface area contributed by atoms with Crippen LogP contribution in [0.15, 0.2) is 36.7 Å². The Labute approximate surface area is 125 Å². The molecule has 0 saturated heterocycles. The first-order valence-electron chi connectivity index (χ1n) is 7.02. The van der Waals surface area contributed by atoms with Crippen molar-refractivity contribution in [3.63, 3.8) is 0 Å². The maximum atomic E-state index is 5.49. The van der Waals surface area contributed by atoms with Gasteiger partial charge in [-0.15, -0.1) is 0 Å². The van der Waals surface area contributed by atoms with Crippen molar-refractivity contribution < 1.29 is 9.47 Å². The number of methoxy groups -OCH3 is 2. The van der Waals surface area contributed by atoms with E-state index in [0.717, 1.165) is 35.9 Å². The van der Waals surface area contributed by atoms with Gasteiger partial charge in [0.1, 0.15) is 17.3 Å². The summed E-state index contributed by atoms with van der Waals surface area (Å²) in [6, 6.07) is 7.49. The lowest BCUT2D eigenvalue weighted by Crippen LogP contribution is -2.25. The standard InChI is InChI=1S/C16H21N3O2/c1-4-8-17-15(16-18-9-5-10-19-16)13-7-6-12(20-2)11-14(13)21-3/h5-7,9-11,15,17H,4,8H2,1-3H3. The average molecular weight is 287 g/mol. The molecule has 0 fully saturated rings. The van der Waals surface area contributed by atoms with Gasteiger partial charge >= 0.3 is 0 Å². The van der Waals surface area contributed by atoms with Crippen LogP contribution in [0.1, 0.15) is 30.8 Å². The van der Waals surface area contributed by atoms with Gasteiger partial charge in [0, 0.05) is 24.0 Å². The van der Waals surface area contributed by atoms with Gasteiger partial charge in [-0.1, -0.05) is 6.92 Å². The van der Waals surface area contributed by atoms with Gasteiger partial charge in [0.25, 0.3) is 0 Å². The number of ether oxygens (including phenoxy) is 2. The van der Waals surface area contributed by atoms with E-state index in [4.69, 9.17) is 9.47 Å². The van der Waals surface area contributed by atoms with E-state index in [-0.39, 0.29) is 6.04 Å². The maximum absolute atomic E-state index is 5.49. The van der Waals surface area contributed by atoms with Crippen LogP contribution in [0.4, 0.5) is 0 Å². The molecule has 1 N–H and O–H groups in total. The average Bonchev–Trinajstić information content (AvgIpc) is 2.56. The van der Waals surface area contributed by atoms with Crippen molar-refractivity contribution in [1.29, 1.82) is 0 Å². The molecule has 2 aromatic rings. The molecule has 1 atom stereocenters. The molecule has 2 rings (SSSR count). The van der Waals surface area contributed by atoms with Crippen LogP contribution in [0.3, 0.4) is 0 Å². The largest absolute Gasteiger partial charge is 0.497 e. The van der Waals surface area contributed by atoms with Crippen molar-refractivity contribution in [1.82, 2.24) is 15.3 Å². The Kier molecular flexibility index (Phi) is 5.51. The summed E-state index contributed by atoms with van der Waals surface area (Å²) < 4.78 is 10.7. The van der Waals surface area contributed by atoms with Crippen molar-refractivity contribution in [3.05, 3.63) is 48.0 Å². The van der Waals surface area contributed by atoms with E-state index in [0.29, 0.717) is 0 Å². The van der Waals surface area contributed by atoms with Crippen LogP contribution in [-0.4, -0.2) is 30.7 Å². The van der Waals surface area contributed by atoms with E-state index in [9.17, 15) is 0 Å². The lowest BCUT2D eigenvalue weighted by atomic mass is 10.0. The SMILES string of the molecule is CCCNC(c1ncccn1)c1ccc(OC)cc1OC. The maximum Gasteiger partial charge on any atom is 0.149 e. The van der Waals surface area contributed by atoms with E-state index >= 15 is 0 Å². The van der Waals surface area contributed by atoms with E-state index < -0.39 is 0 Å². The highest BCUT2D eigenvalue weighted by Gasteiger charge is 2.20. The Morgan fingerprint density at radius 2 is 1.90 bits per heavy atom. The zero-order valence-electron chi connectivity index (χ0n) is 12.7. The first-order valence-corrected chi connectivity index (χ1v) is 7.02. The number of rotatable bonds is 7. The van der Waals surface area contributed by atoms with Crippen molar-refractivity contribution in [2.75, 3.05) is 20.8 Å². The lowest BCUT2D eigenvalue weighted by molar-refractivity contribution is 0.386. The lowest BCUT2D eigenvalue weighted by Gasteiger charge is -2.20. The molecule has 5 heteroatoms. The zero-order valence-corrected chi connectivity index (χ0v) is 12.7. The molecule has 1 heterocycles. The van der Waals surface area contributed by atoms with Gasteiger partial charge in [-0.2, -0.15) is 0 Å². The first-order chi connectivity index (χ1) is 10.3. The van der Waals surface area contributed by atoms with Crippen LogP contribution in [0.5, 0.6) is 11.5 Å². The molecule has 21 heavy (non-hydrogen) atoms. The third-order valence-corrected chi connectivity index (χ3v) is 3.19. The third kappa shape index (κ3) is 3.70. The van der Waals surface area contributed by atoms with Crippen molar-refractivity contribution in [3.8, 4) is 11.5 Å². The van der Waals surface area contributed by atoms with Gasteiger partial charge in [0.05, 0.1) is 20.3 Å². The summed E-state index contributed by atoms with van der Waals surface area (Å²) in [5, 5.41) is 3.47. The molecule has 112 valence electrons. The van der Waals surface area contributed by atoms with Crippen LogP contribution in [0.25, 0.3) is 0 Å². The van der Waals surface area contributed by atoms with Crippen molar-refractivity contribution >= 4 is 0 Å². The fourth-order valence-corrected chi connectivity index (χ4v) is 2.15. The Balaban J connectivity index is 2.41. The third-order valence-electron chi connectivity index (χ3n) is 3.19. The second-order valence-corrected chi connectivity index (χ2v) is 4.60. The molecule has 1 aromatic heterocycles. The van der Waals surface area contributed by atoms with Gasteiger partial charge in [0.2, 0.25) is 0 Å². The molecule has 5 nitrogen and oxygen atoms in total. The zero-order chi connectivity index (χ0) is 15.1. The van der Waals surface area contributed by atoms with Crippen LogP contribution in [0.2, 0.25) is 0 Å². The van der Waals surface area contributed by atoms with Crippen LogP contribution in [0, 0.1) is 0 Å². The minimum atomic E-state index is -0.105. The Morgan fingerprint density at radius 3 is 2.52 bits per heavy atom. The summed E-state index contributed by atoms with van der Waals surface area (Å²) in [4.78, 5) is 8.73. The first kappa shape index (κ1) is 15.3. The van der Waals surface area contributed by atoms with E-state index in [1.165, 1.54) is 0 Å². The molecule has 1 unspecified atom stereocenters. The minimum Gasteiger partial charge on any atom is -0.497 e. The minimum absolute atomic E-state index is 0.105. The summed E-state index contributed by atoms with van der Waals surface area (Å²) in [7, 11) is 3.29. The van der Waals surface area contributed by atoms with E-state index in [1.807, 2.05) is 24.3 Å². The van der Waals surface area contributed by atoms with E-state index in [2.05, 4.69) is 22.2 Å². The molecule has 1 aromatic carbocycles. The van der Waals surface area contributed by atoms with Crippen molar-refractivity contribution in [2.24, 2.45) is 0 Å². The molecule has 0 spiro atoms. The normalized spacial score (nSPS) is 12.0. The Hall–Kier alpha value is -2.14. The topological polar surface area (TPSA) is 56.3 Å². The number of hydrogen-bond donors (Lipinski definition) is 1. The molecular formula is C16H21N3O2. The summed E-state index contributed by atoms with van der Waals surface area (Å²) in [6.07, 6.45) is 4.53. The second kappa shape index (κ2) is 7.59. The number of nitrogens with zero attached hydrogens (tertiary/aromatic N) is 2. The molecular weight excluding hydrogens is 266 g/mol. The summed E-state index contributed by atoms with van der Waals surface area (Å²) in [5.74, 6) is 2.25.